The smallest absolute Gasteiger partial charge is 0.175 e. The Bertz CT molecular complexity index is 1290. The second-order valence-corrected chi connectivity index (χ2v) is 8.55. The van der Waals surface area contributed by atoms with Gasteiger partial charge in [0.25, 0.3) is 0 Å². The van der Waals surface area contributed by atoms with Gasteiger partial charge in [-0.1, -0.05) is 35.9 Å². The van der Waals surface area contributed by atoms with E-state index in [0.717, 1.165) is 25.7 Å². The highest BCUT2D eigenvalue weighted by Crippen LogP contribution is 2.36. The van der Waals surface area contributed by atoms with E-state index in [1.807, 2.05) is 67.6 Å². The van der Waals surface area contributed by atoms with E-state index < -0.39 is 0 Å². The second-order valence-electron chi connectivity index (χ2n) is 6.95. The number of rotatable bonds is 7. The van der Waals surface area contributed by atoms with Gasteiger partial charge in [-0.3, -0.25) is 0 Å². The summed E-state index contributed by atoms with van der Waals surface area (Å²) in [5.41, 5.74) is 3.98. The maximum Gasteiger partial charge on any atom is 0.175 e. The molecule has 0 amide bonds. The number of ether oxygens (including phenoxy) is 2. The fraction of sp³-hybridized carbons (Fsp3) is 0.120. The second kappa shape index (κ2) is 10.1. The number of nitriles is 1. The highest BCUT2D eigenvalue weighted by atomic mass is 127. The zero-order valence-electron chi connectivity index (χ0n) is 17.2. The Morgan fingerprint density at radius 3 is 2.66 bits per heavy atom. The lowest BCUT2D eigenvalue weighted by Crippen LogP contribution is -2.02. The molecule has 1 aromatic heterocycles. The molecule has 0 atom stereocenters. The summed E-state index contributed by atoms with van der Waals surface area (Å²) in [4.78, 5) is 7.74. The van der Waals surface area contributed by atoms with Gasteiger partial charge in [-0.05, 0) is 83.1 Å². The largest absolute Gasteiger partial charge is 0.490 e. The summed E-state index contributed by atoms with van der Waals surface area (Å²) in [6.45, 7) is 2.81. The molecule has 0 saturated heterocycles. The van der Waals surface area contributed by atoms with Crippen molar-refractivity contribution in [3.8, 4) is 17.6 Å². The van der Waals surface area contributed by atoms with E-state index in [2.05, 4.69) is 38.6 Å². The third kappa shape index (κ3) is 5.06. The number of halogens is 2. The summed E-state index contributed by atoms with van der Waals surface area (Å²) < 4.78 is 12.8. The van der Waals surface area contributed by atoms with Crippen molar-refractivity contribution in [1.82, 2.24) is 9.97 Å². The molecule has 32 heavy (non-hydrogen) atoms. The normalized spacial score (nSPS) is 11.4. The van der Waals surface area contributed by atoms with Crippen LogP contribution < -0.4 is 9.47 Å². The van der Waals surface area contributed by atoms with Gasteiger partial charge in [-0.2, -0.15) is 5.26 Å². The number of hydrogen-bond donors (Lipinski definition) is 1. The highest BCUT2D eigenvalue weighted by molar-refractivity contribution is 14.1. The topological polar surface area (TPSA) is 70.9 Å². The van der Waals surface area contributed by atoms with Crippen LogP contribution in [0.25, 0.3) is 22.7 Å². The van der Waals surface area contributed by atoms with E-state index in [1.54, 1.807) is 6.08 Å². The first-order valence-electron chi connectivity index (χ1n) is 9.98. The average molecular weight is 556 g/mol. The summed E-state index contributed by atoms with van der Waals surface area (Å²) in [7, 11) is 0. The van der Waals surface area contributed by atoms with Crippen molar-refractivity contribution in [2.24, 2.45) is 0 Å². The monoisotopic (exact) mass is 555 g/mol. The summed E-state index contributed by atoms with van der Waals surface area (Å²) >= 11 is 8.18. The summed E-state index contributed by atoms with van der Waals surface area (Å²) in [5, 5.41) is 10.4. The first-order valence-corrected chi connectivity index (χ1v) is 11.4. The van der Waals surface area contributed by atoms with Crippen LogP contribution in [0.15, 0.2) is 60.7 Å². The third-order valence-corrected chi connectivity index (χ3v) is 5.76. The zero-order valence-corrected chi connectivity index (χ0v) is 20.1. The molecule has 0 unspecified atom stereocenters. The van der Waals surface area contributed by atoms with Crippen molar-refractivity contribution in [2.45, 2.75) is 13.5 Å². The Morgan fingerprint density at radius 1 is 1.16 bits per heavy atom. The van der Waals surface area contributed by atoms with Gasteiger partial charge >= 0.3 is 0 Å². The lowest BCUT2D eigenvalue weighted by Gasteiger charge is -2.15. The van der Waals surface area contributed by atoms with Crippen LogP contribution >= 0.6 is 34.2 Å². The van der Waals surface area contributed by atoms with Crippen LogP contribution in [0, 0.1) is 14.9 Å². The van der Waals surface area contributed by atoms with Crippen LogP contribution in [0.2, 0.25) is 5.02 Å². The SMILES string of the molecule is CCOc1cc(C=C(C#N)c2nc3ccccc3[nH]2)cc(I)c1OCc1ccc(Cl)cc1. The third-order valence-electron chi connectivity index (χ3n) is 4.70. The highest BCUT2D eigenvalue weighted by Gasteiger charge is 2.14. The van der Waals surface area contributed by atoms with Crippen molar-refractivity contribution in [3.63, 3.8) is 0 Å². The van der Waals surface area contributed by atoms with Crippen molar-refractivity contribution < 1.29 is 9.47 Å². The maximum absolute atomic E-state index is 9.75. The van der Waals surface area contributed by atoms with E-state index in [9.17, 15) is 5.26 Å². The van der Waals surface area contributed by atoms with E-state index in [-0.39, 0.29) is 0 Å². The quantitative estimate of drug-likeness (QED) is 0.200. The Hall–Kier alpha value is -3.02. The van der Waals surface area contributed by atoms with Gasteiger partial charge < -0.3 is 14.5 Å². The van der Waals surface area contributed by atoms with Crippen LogP contribution in [-0.2, 0) is 6.61 Å². The Morgan fingerprint density at radius 2 is 1.94 bits per heavy atom. The van der Waals surface area contributed by atoms with Crippen LogP contribution in [0.5, 0.6) is 11.5 Å². The molecule has 1 N–H and O–H groups in total. The van der Waals surface area contributed by atoms with Crippen molar-refractivity contribution in [1.29, 1.82) is 5.26 Å². The number of allylic oxidation sites excluding steroid dienone is 1. The maximum atomic E-state index is 9.75. The molecule has 0 radical (unpaired) electrons. The first kappa shape index (κ1) is 22.2. The van der Waals surface area contributed by atoms with Gasteiger partial charge in [-0.25, -0.2) is 4.98 Å². The van der Waals surface area contributed by atoms with Crippen molar-refractivity contribution >= 4 is 56.9 Å². The van der Waals surface area contributed by atoms with Gasteiger partial charge in [0, 0.05) is 5.02 Å². The van der Waals surface area contributed by atoms with Gasteiger partial charge in [0.15, 0.2) is 11.5 Å². The van der Waals surface area contributed by atoms with Crippen LogP contribution in [0.3, 0.4) is 0 Å². The minimum absolute atomic E-state index is 0.394. The molecular formula is C25H19ClIN3O2. The minimum Gasteiger partial charge on any atom is -0.490 e. The minimum atomic E-state index is 0.394. The number of imidazole rings is 1. The lowest BCUT2D eigenvalue weighted by atomic mass is 10.1. The molecule has 0 saturated carbocycles. The van der Waals surface area contributed by atoms with Gasteiger partial charge in [0.05, 0.1) is 26.8 Å². The number of fused-ring (bicyclic) bond motifs is 1. The predicted octanol–water partition coefficient (Wildman–Crippen LogP) is 6.86. The van der Waals surface area contributed by atoms with Crippen LogP contribution in [0.4, 0.5) is 0 Å². The van der Waals surface area contributed by atoms with E-state index in [0.29, 0.717) is 41.1 Å². The van der Waals surface area contributed by atoms with Crippen molar-refractivity contribution in [2.75, 3.05) is 6.61 Å². The number of aromatic amines is 1. The Labute approximate surface area is 204 Å². The van der Waals surface area contributed by atoms with Crippen molar-refractivity contribution in [3.05, 3.63) is 86.2 Å². The average Bonchev–Trinajstić information content (AvgIpc) is 3.22. The molecule has 0 aliphatic carbocycles. The molecular weight excluding hydrogens is 537 g/mol. The number of H-pyrrole nitrogens is 1. The number of aromatic nitrogens is 2. The van der Waals surface area contributed by atoms with Crippen LogP contribution in [-0.4, -0.2) is 16.6 Å². The molecule has 160 valence electrons. The number of nitrogens with one attached hydrogen (secondary N) is 1. The fourth-order valence-electron chi connectivity index (χ4n) is 3.21. The molecule has 0 bridgehead atoms. The Kier molecular flexibility index (Phi) is 6.98. The molecule has 4 rings (SSSR count). The predicted molar refractivity (Wildman–Crippen MR) is 136 cm³/mol. The lowest BCUT2D eigenvalue weighted by molar-refractivity contribution is 0.267. The van der Waals surface area contributed by atoms with E-state index >= 15 is 0 Å². The molecule has 1 heterocycles. The zero-order chi connectivity index (χ0) is 22.5. The van der Waals surface area contributed by atoms with Crippen LogP contribution in [0.1, 0.15) is 23.9 Å². The number of para-hydroxylation sites is 2. The molecule has 0 spiro atoms. The van der Waals surface area contributed by atoms with Gasteiger partial charge in [0.1, 0.15) is 18.5 Å². The molecule has 7 heteroatoms. The van der Waals surface area contributed by atoms with E-state index in [4.69, 9.17) is 21.1 Å². The standard InChI is InChI=1S/C25H19ClIN3O2/c1-2-31-23-13-17(11-18(14-28)25-29-21-5-3-4-6-22(21)30-25)12-20(27)24(23)32-15-16-7-9-19(26)10-8-16/h3-13H,2,15H2,1H3,(H,29,30). The van der Waals surface area contributed by atoms with Gasteiger partial charge in [-0.15, -0.1) is 0 Å². The number of nitrogens with zero attached hydrogens (tertiary/aromatic N) is 2. The fourth-order valence-corrected chi connectivity index (χ4v) is 4.12. The molecule has 0 aliphatic heterocycles. The number of benzene rings is 3. The first-order chi connectivity index (χ1) is 15.6. The Balaban J connectivity index is 1.65. The number of hydrogen-bond acceptors (Lipinski definition) is 4. The van der Waals surface area contributed by atoms with Gasteiger partial charge in [0.2, 0.25) is 0 Å². The van der Waals surface area contributed by atoms with E-state index in [1.165, 1.54) is 0 Å². The molecule has 3 aromatic carbocycles. The summed E-state index contributed by atoms with van der Waals surface area (Å²) in [6, 6.07) is 21.3. The molecule has 5 nitrogen and oxygen atoms in total. The molecule has 0 aliphatic rings. The summed E-state index contributed by atoms with van der Waals surface area (Å²) in [6.07, 6.45) is 1.80. The summed E-state index contributed by atoms with van der Waals surface area (Å²) in [5.74, 6) is 1.83. The molecule has 0 fully saturated rings. The molecule has 4 aromatic rings.